The summed E-state index contributed by atoms with van der Waals surface area (Å²) in [6.07, 6.45) is 1.23. The summed E-state index contributed by atoms with van der Waals surface area (Å²) in [6.45, 7) is 7.55. The monoisotopic (exact) mass is 328 g/mol. The molecule has 2 aliphatic rings. The van der Waals surface area contributed by atoms with Gasteiger partial charge in [0, 0.05) is 19.4 Å². The molecule has 0 bridgehead atoms. The molecule has 1 saturated carbocycles. The molecule has 1 aliphatic carbocycles. The first-order valence-corrected chi connectivity index (χ1v) is 8.42. The third-order valence-electron chi connectivity index (χ3n) is 4.68. The van der Waals surface area contributed by atoms with Crippen LogP contribution in [0.5, 0.6) is 0 Å². The van der Waals surface area contributed by atoms with Crippen molar-refractivity contribution in [3.05, 3.63) is 0 Å². The Hall–Kier alpha value is -1.18. The van der Waals surface area contributed by atoms with Crippen LogP contribution in [0.4, 0.5) is 0 Å². The third-order valence-corrected chi connectivity index (χ3v) is 4.68. The maximum atomic E-state index is 12.3. The Morgan fingerprint density at radius 1 is 1.35 bits per heavy atom. The Labute approximate surface area is 137 Å². The van der Waals surface area contributed by atoms with Crippen LogP contribution in [0.15, 0.2) is 0 Å². The molecule has 1 saturated heterocycles. The average Bonchev–Trinajstić information content (AvgIpc) is 3.23. The van der Waals surface area contributed by atoms with Crippen LogP contribution in [0.2, 0.25) is 0 Å². The second-order valence-corrected chi connectivity index (χ2v) is 6.28. The Morgan fingerprint density at radius 2 is 2.00 bits per heavy atom. The molecule has 132 valence electrons. The van der Waals surface area contributed by atoms with Crippen LogP contribution in [0, 0.1) is 0 Å². The smallest absolute Gasteiger partial charge is 0.341 e. The summed E-state index contributed by atoms with van der Waals surface area (Å²) in [5, 5.41) is 2.82. The molecular weight excluding hydrogens is 300 g/mol. The van der Waals surface area contributed by atoms with Crippen molar-refractivity contribution in [3.8, 4) is 0 Å². The molecule has 1 aliphatic heterocycles. The lowest BCUT2D eigenvalue weighted by Crippen LogP contribution is -2.62. The van der Waals surface area contributed by atoms with Crippen molar-refractivity contribution < 1.29 is 23.8 Å². The molecule has 1 amide bonds. The predicted octanol–water partition coefficient (Wildman–Crippen LogP) is 0.497. The zero-order valence-corrected chi connectivity index (χ0v) is 14.3. The summed E-state index contributed by atoms with van der Waals surface area (Å²) >= 11 is 0. The highest BCUT2D eigenvalue weighted by molar-refractivity contribution is 5.84. The molecule has 0 aromatic rings. The maximum Gasteiger partial charge on any atom is 0.341 e. The minimum absolute atomic E-state index is 0.0474. The molecule has 2 rings (SSSR count). The van der Waals surface area contributed by atoms with Crippen LogP contribution < -0.4 is 11.1 Å². The van der Waals surface area contributed by atoms with Crippen LogP contribution in [-0.2, 0) is 23.8 Å². The maximum absolute atomic E-state index is 12.3. The summed E-state index contributed by atoms with van der Waals surface area (Å²) in [4.78, 5) is 23.8. The number of hydrogen-bond acceptors (Lipinski definition) is 6. The van der Waals surface area contributed by atoms with Gasteiger partial charge in [-0.25, -0.2) is 4.79 Å². The van der Waals surface area contributed by atoms with Crippen LogP contribution >= 0.6 is 0 Å². The zero-order valence-electron chi connectivity index (χ0n) is 14.3. The number of rotatable bonds is 7. The number of ether oxygens (including phenoxy) is 3. The Bertz CT molecular complexity index is 454. The fourth-order valence-corrected chi connectivity index (χ4v) is 3.36. The van der Waals surface area contributed by atoms with E-state index in [1.54, 1.807) is 6.92 Å². The van der Waals surface area contributed by atoms with Crippen molar-refractivity contribution in [1.29, 1.82) is 0 Å². The molecule has 7 heteroatoms. The van der Waals surface area contributed by atoms with E-state index in [4.69, 9.17) is 19.9 Å². The number of carbonyl (C=O) groups excluding carboxylic acids is 2. The number of hydrogen-bond donors (Lipinski definition) is 2. The van der Waals surface area contributed by atoms with Gasteiger partial charge in [-0.05, 0) is 19.8 Å². The Balaban J connectivity index is 2.19. The zero-order chi connectivity index (χ0) is 17.2. The topological polar surface area (TPSA) is 103 Å². The van der Waals surface area contributed by atoms with Crippen LogP contribution in [-0.4, -0.2) is 54.5 Å². The number of amides is 1. The largest absolute Gasteiger partial charge is 0.464 e. The molecule has 5 atom stereocenters. The van der Waals surface area contributed by atoms with Crippen molar-refractivity contribution in [2.24, 2.45) is 5.73 Å². The van der Waals surface area contributed by atoms with Crippen LogP contribution in [0.3, 0.4) is 0 Å². The van der Waals surface area contributed by atoms with E-state index in [9.17, 15) is 9.59 Å². The first-order chi connectivity index (χ1) is 10.9. The van der Waals surface area contributed by atoms with Crippen molar-refractivity contribution in [1.82, 2.24) is 5.32 Å². The fraction of sp³-hybridized carbons (Fsp3) is 0.875. The van der Waals surface area contributed by atoms with Gasteiger partial charge in [0.2, 0.25) is 5.91 Å². The summed E-state index contributed by atoms with van der Waals surface area (Å²) in [5.74, 6) is -0.588. The van der Waals surface area contributed by atoms with E-state index in [0.717, 1.165) is 12.8 Å². The SMILES string of the molecule is CCOC(=O)C12C[C@H](NC(C)=O)[C@@H](N)[C@@H](OC(CC)CC)C1O2. The molecule has 0 radical (unpaired) electrons. The summed E-state index contributed by atoms with van der Waals surface area (Å²) < 4.78 is 17.0. The van der Waals surface area contributed by atoms with Gasteiger partial charge in [-0.15, -0.1) is 0 Å². The standard InChI is InChI=1S/C16H28N2O5/c1-5-10(6-2)22-13-12(17)11(18-9(4)19)8-16(14(13)23-16)15(20)21-7-3/h10-14H,5-8,17H2,1-4H3,(H,18,19)/t11-,12+,13+,14?,16?/m0/s1. The first kappa shape index (κ1) is 18.2. The number of nitrogens with one attached hydrogen (secondary N) is 1. The van der Waals surface area contributed by atoms with Crippen molar-refractivity contribution in [3.63, 3.8) is 0 Å². The highest BCUT2D eigenvalue weighted by Crippen LogP contribution is 2.50. The van der Waals surface area contributed by atoms with Crippen LogP contribution in [0.25, 0.3) is 0 Å². The Kier molecular flexibility index (Phi) is 5.65. The quantitative estimate of drug-likeness (QED) is 0.521. The molecule has 7 nitrogen and oxygen atoms in total. The normalized spacial score (nSPS) is 35.6. The molecular formula is C16H28N2O5. The van der Waals surface area contributed by atoms with E-state index in [1.807, 2.05) is 13.8 Å². The molecule has 0 aromatic heterocycles. The summed E-state index contributed by atoms with van der Waals surface area (Å²) in [5.41, 5.74) is 5.28. The highest BCUT2D eigenvalue weighted by Gasteiger charge is 2.72. The predicted molar refractivity (Wildman–Crippen MR) is 83.7 cm³/mol. The van der Waals surface area contributed by atoms with Gasteiger partial charge in [-0.1, -0.05) is 13.8 Å². The fourth-order valence-electron chi connectivity index (χ4n) is 3.36. The minimum Gasteiger partial charge on any atom is -0.464 e. The van der Waals surface area contributed by atoms with E-state index in [-0.39, 0.29) is 24.7 Å². The van der Waals surface area contributed by atoms with Gasteiger partial charge in [-0.3, -0.25) is 4.79 Å². The van der Waals surface area contributed by atoms with Crippen molar-refractivity contribution >= 4 is 11.9 Å². The lowest BCUT2D eigenvalue weighted by molar-refractivity contribution is -0.151. The van der Waals surface area contributed by atoms with E-state index < -0.39 is 29.8 Å². The minimum atomic E-state index is -1.03. The summed E-state index contributed by atoms with van der Waals surface area (Å²) in [7, 11) is 0. The molecule has 2 fully saturated rings. The lowest BCUT2D eigenvalue weighted by Gasteiger charge is -2.37. The Morgan fingerprint density at radius 3 is 2.52 bits per heavy atom. The van der Waals surface area contributed by atoms with Crippen molar-refractivity contribution in [2.75, 3.05) is 6.61 Å². The van der Waals surface area contributed by atoms with E-state index in [0.29, 0.717) is 6.42 Å². The molecule has 3 N–H and O–H groups in total. The van der Waals surface area contributed by atoms with Gasteiger partial charge in [-0.2, -0.15) is 0 Å². The van der Waals surface area contributed by atoms with Gasteiger partial charge < -0.3 is 25.3 Å². The molecule has 1 heterocycles. The lowest BCUT2D eigenvalue weighted by atomic mass is 9.80. The molecule has 23 heavy (non-hydrogen) atoms. The third kappa shape index (κ3) is 3.51. The van der Waals surface area contributed by atoms with Gasteiger partial charge in [0.25, 0.3) is 0 Å². The number of nitrogens with two attached hydrogens (primary N) is 1. The second kappa shape index (κ2) is 7.15. The van der Waals surface area contributed by atoms with E-state index in [2.05, 4.69) is 5.32 Å². The van der Waals surface area contributed by atoms with E-state index >= 15 is 0 Å². The van der Waals surface area contributed by atoms with Crippen molar-refractivity contribution in [2.45, 2.75) is 83.0 Å². The van der Waals surface area contributed by atoms with Gasteiger partial charge in [0.15, 0.2) is 5.60 Å². The van der Waals surface area contributed by atoms with Crippen LogP contribution in [0.1, 0.15) is 47.0 Å². The van der Waals surface area contributed by atoms with Gasteiger partial charge in [0.1, 0.15) is 12.2 Å². The number of epoxide rings is 1. The molecule has 0 aromatic carbocycles. The second-order valence-electron chi connectivity index (χ2n) is 6.28. The van der Waals surface area contributed by atoms with Gasteiger partial charge in [0.05, 0.1) is 18.8 Å². The number of esters is 1. The highest BCUT2D eigenvalue weighted by atomic mass is 16.7. The molecule has 0 spiro atoms. The average molecular weight is 328 g/mol. The number of fused-ring (bicyclic) bond motifs is 1. The molecule has 2 unspecified atom stereocenters. The van der Waals surface area contributed by atoms with E-state index in [1.165, 1.54) is 6.92 Å². The van der Waals surface area contributed by atoms with Gasteiger partial charge >= 0.3 is 5.97 Å². The first-order valence-electron chi connectivity index (χ1n) is 8.42. The summed E-state index contributed by atoms with van der Waals surface area (Å²) in [6, 6.07) is -0.801. The number of carbonyl (C=O) groups is 2.